The lowest BCUT2D eigenvalue weighted by Crippen LogP contribution is -2.28. The van der Waals surface area contributed by atoms with Gasteiger partial charge in [-0.15, -0.1) is 0 Å². The van der Waals surface area contributed by atoms with Gasteiger partial charge in [-0.1, -0.05) is 218 Å². The summed E-state index contributed by atoms with van der Waals surface area (Å²) in [6.07, 6.45) is 2.99. The van der Waals surface area contributed by atoms with Crippen LogP contribution < -0.4 is 0 Å². The average Bonchev–Trinajstić information content (AvgIpc) is 3.89. The predicted octanol–water partition coefficient (Wildman–Crippen LogP) is 16.4. The molecule has 0 amide bonds. The van der Waals surface area contributed by atoms with E-state index in [0.29, 0.717) is 5.92 Å². The zero-order chi connectivity index (χ0) is 42.5. The molecule has 304 valence electrons. The summed E-state index contributed by atoms with van der Waals surface area (Å²) in [7, 11) is 0. The first-order chi connectivity index (χ1) is 31.7. The molecule has 11 aromatic rings. The van der Waals surface area contributed by atoms with Gasteiger partial charge in [0.05, 0.1) is 5.41 Å². The second-order valence-corrected chi connectivity index (χ2v) is 17.5. The minimum atomic E-state index is -0.422. The summed E-state index contributed by atoms with van der Waals surface area (Å²) >= 11 is 0. The fourth-order valence-electron chi connectivity index (χ4n) is 10.7. The molecule has 0 fully saturated rings. The Bertz CT molecular complexity index is 3410. The number of furan rings is 1. The molecule has 0 saturated carbocycles. The van der Waals surface area contributed by atoms with Crippen molar-refractivity contribution in [3.8, 4) is 33.4 Å². The molecule has 1 aliphatic carbocycles. The lowest BCUT2D eigenvalue weighted by Gasteiger charge is -2.34. The number of rotatable bonds is 10. The Morgan fingerprint density at radius 2 is 0.953 bits per heavy atom. The first kappa shape index (κ1) is 38.0. The molecule has 64 heavy (non-hydrogen) atoms. The Morgan fingerprint density at radius 1 is 0.375 bits per heavy atom. The fourth-order valence-corrected chi connectivity index (χ4v) is 10.7. The molecule has 1 atom stereocenters. The smallest absolute Gasteiger partial charge is 0.135 e. The van der Waals surface area contributed by atoms with Gasteiger partial charge in [-0.3, -0.25) is 0 Å². The van der Waals surface area contributed by atoms with Crippen LogP contribution in [0, 0.1) is 0 Å². The van der Waals surface area contributed by atoms with Crippen LogP contribution in [0.4, 0.5) is 0 Å². The van der Waals surface area contributed by atoms with Crippen LogP contribution in [0.25, 0.3) is 66.1 Å². The molecule has 0 spiro atoms. The van der Waals surface area contributed by atoms with Crippen LogP contribution in [0.1, 0.15) is 51.3 Å². The summed E-state index contributed by atoms with van der Waals surface area (Å²) in [5, 5.41) is 4.89. The molecule has 1 unspecified atom stereocenters. The standard InChI is InChI=1S/C63H46O/c1-3-15-53(16-4-1)63(54-17-5-2-6-18-54)59-21-11-9-19-55(59)56-37-35-52(42-60(56)63)50(40-44-26-29-45-13-7-8-14-49(45)39-44)30-25-43-23-27-46(28-24-43)47-31-33-48(34-32-47)51-36-38-62-58(41-51)57-20-10-12-22-61(57)64-62/h1-24,26-29,31-39,41-42,50H,25,30,40H2. The molecule has 0 N–H and O–H groups in total. The topological polar surface area (TPSA) is 13.1 Å². The van der Waals surface area contributed by atoms with Gasteiger partial charge in [-0.2, -0.15) is 0 Å². The van der Waals surface area contributed by atoms with Gasteiger partial charge in [0.1, 0.15) is 11.2 Å². The Morgan fingerprint density at radius 3 is 1.72 bits per heavy atom. The normalized spacial score (nSPS) is 13.2. The molecule has 0 radical (unpaired) electrons. The number of hydrogen-bond acceptors (Lipinski definition) is 1. The number of benzene rings is 10. The number of fused-ring (bicyclic) bond motifs is 7. The highest BCUT2D eigenvalue weighted by Crippen LogP contribution is 2.56. The molecule has 1 nitrogen and oxygen atoms in total. The first-order valence-corrected chi connectivity index (χ1v) is 22.6. The molecule has 0 saturated heterocycles. The van der Waals surface area contributed by atoms with Crippen molar-refractivity contribution in [2.24, 2.45) is 0 Å². The predicted molar refractivity (Wildman–Crippen MR) is 267 cm³/mol. The highest BCUT2D eigenvalue weighted by molar-refractivity contribution is 6.06. The van der Waals surface area contributed by atoms with Gasteiger partial charge in [0, 0.05) is 10.8 Å². The van der Waals surface area contributed by atoms with E-state index in [1.807, 2.05) is 12.1 Å². The summed E-state index contributed by atoms with van der Waals surface area (Å²) in [6, 6.07) is 87.6. The lowest BCUT2D eigenvalue weighted by molar-refractivity contribution is 0.619. The molecule has 10 aromatic carbocycles. The highest BCUT2D eigenvalue weighted by atomic mass is 16.3. The van der Waals surface area contributed by atoms with E-state index in [2.05, 4.69) is 224 Å². The van der Waals surface area contributed by atoms with Crippen molar-refractivity contribution in [2.75, 3.05) is 0 Å². The van der Waals surface area contributed by atoms with Gasteiger partial charge in [-0.05, 0) is 126 Å². The van der Waals surface area contributed by atoms with Crippen LogP contribution in [0.5, 0.6) is 0 Å². The van der Waals surface area contributed by atoms with Gasteiger partial charge in [0.2, 0.25) is 0 Å². The van der Waals surface area contributed by atoms with E-state index in [4.69, 9.17) is 4.42 Å². The average molecular weight is 819 g/mol. The SMILES string of the molecule is c1ccc(C2(c3ccccc3)c3ccccc3-c3ccc(C(CCc4ccc(-c5ccc(-c6ccc7oc8ccccc8c7c6)cc5)cc4)Cc4ccc5ccccc5c4)cc32)cc1. The molecular weight excluding hydrogens is 773 g/mol. The van der Waals surface area contributed by atoms with E-state index in [0.717, 1.165) is 41.2 Å². The van der Waals surface area contributed by atoms with Crippen LogP contribution in [0.15, 0.2) is 241 Å². The minimum Gasteiger partial charge on any atom is -0.456 e. The maximum absolute atomic E-state index is 6.09. The van der Waals surface area contributed by atoms with Crippen LogP contribution >= 0.6 is 0 Å². The van der Waals surface area contributed by atoms with E-state index in [9.17, 15) is 0 Å². The second kappa shape index (κ2) is 15.9. The lowest BCUT2D eigenvalue weighted by atomic mass is 9.67. The van der Waals surface area contributed by atoms with E-state index in [1.54, 1.807) is 0 Å². The molecule has 1 heterocycles. The van der Waals surface area contributed by atoms with Crippen LogP contribution in [0.3, 0.4) is 0 Å². The van der Waals surface area contributed by atoms with Gasteiger partial charge in [0.25, 0.3) is 0 Å². The van der Waals surface area contributed by atoms with Crippen molar-refractivity contribution in [3.05, 3.63) is 276 Å². The summed E-state index contributed by atoms with van der Waals surface area (Å²) in [4.78, 5) is 0. The van der Waals surface area contributed by atoms with E-state index >= 15 is 0 Å². The van der Waals surface area contributed by atoms with Crippen molar-refractivity contribution in [1.82, 2.24) is 0 Å². The fraction of sp³-hybridized carbons (Fsp3) is 0.0794. The summed E-state index contributed by atoms with van der Waals surface area (Å²) in [5.74, 6) is 0.311. The van der Waals surface area contributed by atoms with Crippen molar-refractivity contribution >= 4 is 32.7 Å². The first-order valence-electron chi connectivity index (χ1n) is 22.6. The molecule has 12 rings (SSSR count). The Kier molecular flexibility index (Phi) is 9.42. The summed E-state index contributed by atoms with van der Waals surface area (Å²) in [5.41, 5.74) is 18.4. The third kappa shape index (κ3) is 6.55. The van der Waals surface area contributed by atoms with Crippen molar-refractivity contribution in [2.45, 2.75) is 30.6 Å². The van der Waals surface area contributed by atoms with E-state index < -0.39 is 5.41 Å². The van der Waals surface area contributed by atoms with Crippen LogP contribution in [-0.2, 0) is 18.3 Å². The maximum atomic E-state index is 6.09. The molecule has 0 bridgehead atoms. The van der Waals surface area contributed by atoms with Gasteiger partial charge < -0.3 is 4.42 Å². The Hall–Kier alpha value is -7.74. The third-order valence-corrected chi connectivity index (χ3v) is 13.9. The maximum Gasteiger partial charge on any atom is 0.135 e. The van der Waals surface area contributed by atoms with Crippen LogP contribution in [-0.4, -0.2) is 0 Å². The third-order valence-electron chi connectivity index (χ3n) is 13.9. The quantitative estimate of drug-likeness (QED) is 0.134. The zero-order valence-corrected chi connectivity index (χ0v) is 35.6. The summed E-state index contributed by atoms with van der Waals surface area (Å²) < 4.78 is 6.09. The van der Waals surface area contributed by atoms with Crippen LogP contribution in [0.2, 0.25) is 0 Å². The zero-order valence-electron chi connectivity index (χ0n) is 35.6. The molecular formula is C63H46O. The van der Waals surface area contributed by atoms with Crippen molar-refractivity contribution in [1.29, 1.82) is 0 Å². The number of aryl methyl sites for hydroxylation is 1. The second-order valence-electron chi connectivity index (χ2n) is 17.5. The number of hydrogen-bond donors (Lipinski definition) is 0. The van der Waals surface area contributed by atoms with Gasteiger partial charge in [0.15, 0.2) is 0 Å². The minimum absolute atomic E-state index is 0.311. The highest BCUT2D eigenvalue weighted by Gasteiger charge is 2.46. The van der Waals surface area contributed by atoms with E-state index in [-0.39, 0.29) is 0 Å². The molecule has 1 heteroatoms. The largest absolute Gasteiger partial charge is 0.456 e. The van der Waals surface area contributed by atoms with Crippen molar-refractivity contribution < 1.29 is 4.42 Å². The monoisotopic (exact) mass is 818 g/mol. The number of para-hydroxylation sites is 1. The van der Waals surface area contributed by atoms with E-state index in [1.165, 1.54) is 83.1 Å². The Labute approximate surface area is 374 Å². The van der Waals surface area contributed by atoms with Gasteiger partial charge in [-0.25, -0.2) is 0 Å². The molecule has 0 aliphatic heterocycles. The molecule has 1 aliphatic rings. The Balaban J connectivity index is 0.868. The summed E-state index contributed by atoms with van der Waals surface area (Å²) in [6.45, 7) is 0. The van der Waals surface area contributed by atoms with Gasteiger partial charge >= 0.3 is 0 Å². The van der Waals surface area contributed by atoms with Crippen molar-refractivity contribution in [3.63, 3.8) is 0 Å². The molecule has 1 aromatic heterocycles.